The van der Waals surface area contributed by atoms with E-state index >= 15 is 0 Å². The van der Waals surface area contributed by atoms with E-state index in [9.17, 15) is 0 Å². The van der Waals surface area contributed by atoms with Crippen molar-refractivity contribution < 1.29 is 0 Å². The molecule has 0 aliphatic carbocycles. The molecule has 0 aliphatic rings. The highest BCUT2D eigenvalue weighted by Gasteiger charge is 1.58. The topological polar surface area (TPSA) is 70.0 Å². The average molecular weight is 157 g/mol. The Kier molecular flexibility index (Phi) is 48.8. The second kappa shape index (κ2) is 18.2. The molecule has 6 N–H and O–H groups in total. The van der Waals surface area contributed by atoms with Crippen molar-refractivity contribution in [1.82, 2.24) is 12.3 Å². The van der Waals surface area contributed by atoms with E-state index in [2.05, 4.69) is 22.9 Å². The summed E-state index contributed by atoms with van der Waals surface area (Å²) in [4.78, 5) is 0. The summed E-state index contributed by atoms with van der Waals surface area (Å²) in [6.45, 7) is 2.13. The van der Waals surface area contributed by atoms with Crippen molar-refractivity contribution in [1.29, 1.82) is 0 Å². The first-order valence-electron chi connectivity index (χ1n) is 1.47. The van der Waals surface area contributed by atoms with Gasteiger partial charge in [-0.1, -0.05) is 22.9 Å². The zero-order valence-corrected chi connectivity index (χ0v) is 5.79. The SMILES string of the molecule is CCCBr.N.N. The van der Waals surface area contributed by atoms with Crippen LogP contribution in [-0.4, -0.2) is 5.33 Å². The lowest BCUT2D eigenvalue weighted by Gasteiger charge is -1.66. The molecule has 0 spiro atoms. The van der Waals surface area contributed by atoms with Gasteiger partial charge in [-0.3, -0.25) is 0 Å². The highest BCUT2D eigenvalue weighted by atomic mass is 79.9. The summed E-state index contributed by atoms with van der Waals surface area (Å²) >= 11 is 3.25. The Labute approximate surface area is 47.6 Å². The van der Waals surface area contributed by atoms with Crippen LogP contribution in [0.2, 0.25) is 0 Å². The first kappa shape index (κ1) is 16.1. The predicted molar refractivity (Wildman–Crippen MR) is 34.1 cm³/mol. The highest BCUT2D eigenvalue weighted by Crippen LogP contribution is 1.80. The average Bonchev–Trinajstić information content (AvgIpc) is 1.37. The van der Waals surface area contributed by atoms with Crippen LogP contribution < -0.4 is 12.3 Å². The van der Waals surface area contributed by atoms with Gasteiger partial charge in [-0.15, -0.1) is 0 Å². The third-order valence-electron chi connectivity index (χ3n) is 0.189. The molecule has 0 aromatic heterocycles. The molecule has 0 heterocycles. The molecule has 0 rings (SSSR count). The third kappa shape index (κ3) is 26.0. The molecule has 0 bridgehead atoms. The minimum atomic E-state index is 0. The Balaban J connectivity index is -0.0000000450. The fourth-order valence-electron chi connectivity index (χ4n) is 0. The van der Waals surface area contributed by atoms with Crippen LogP contribution in [-0.2, 0) is 0 Å². The second-order valence-electron chi connectivity index (χ2n) is 0.689. The van der Waals surface area contributed by atoms with Crippen molar-refractivity contribution in [3.05, 3.63) is 0 Å². The van der Waals surface area contributed by atoms with E-state index in [0.29, 0.717) is 0 Å². The molecule has 6 heavy (non-hydrogen) atoms. The zero-order valence-electron chi connectivity index (χ0n) is 4.21. The summed E-state index contributed by atoms with van der Waals surface area (Å²) < 4.78 is 0. The first-order chi connectivity index (χ1) is 1.91. The Morgan fingerprint density at radius 2 is 1.50 bits per heavy atom. The highest BCUT2D eigenvalue weighted by molar-refractivity contribution is 9.09. The number of halogens is 1. The van der Waals surface area contributed by atoms with Gasteiger partial charge in [0.05, 0.1) is 0 Å². The predicted octanol–water partition coefficient (Wildman–Crippen LogP) is 2.12. The van der Waals surface area contributed by atoms with E-state index in [4.69, 9.17) is 0 Å². The fourth-order valence-corrected chi connectivity index (χ4v) is 0. The Morgan fingerprint density at radius 3 is 1.50 bits per heavy atom. The van der Waals surface area contributed by atoms with Crippen molar-refractivity contribution in [2.75, 3.05) is 5.33 Å². The van der Waals surface area contributed by atoms with Gasteiger partial charge in [0.25, 0.3) is 0 Å². The number of hydrogen-bond acceptors (Lipinski definition) is 2. The van der Waals surface area contributed by atoms with Crippen LogP contribution in [0.4, 0.5) is 0 Å². The number of hydrogen-bond donors (Lipinski definition) is 2. The van der Waals surface area contributed by atoms with Crippen LogP contribution in [0.1, 0.15) is 13.3 Å². The van der Waals surface area contributed by atoms with Crippen molar-refractivity contribution in [3.8, 4) is 0 Å². The Bertz CT molecular complexity index is 10.8. The molecule has 3 heteroatoms. The Hall–Kier alpha value is 0.400. The van der Waals surface area contributed by atoms with E-state index < -0.39 is 0 Å². The first-order valence-corrected chi connectivity index (χ1v) is 2.60. The second-order valence-corrected chi connectivity index (χ2v) is 1.48. The maximum Gasteiger partial charge on any atom is 0.00286 e. The van der Waals surface area contributed by atoms with Crippen LogP contribution >= 0.6 is 15.9 Å². The molecule has 0 saturated heterocycles. The molecule has 2 nitrogen and oxygen atoms in total. The lowest BCUT2D eigenvalue weighted by atomic mass is 10.6. The van der Waals surface area contributed by atoms with E-state index in [-0.39, 0.29) is 12.3 Å². The lowest BCUT2D eigenvalue weighted by molar-refractivity contribution is 1.12. The van der Waals surface area contributed by atoms with E-state index in [1.807, 2.05) is 0 Å². The number of alkyl halides is 1. The quantitative estimate of drug-likeness (QED) is 0.572. The molecule has 0 saturated carbocycles. The van der Waals surface area contributed by atoms with Crippen molar-refractivity contribution >= 4 is 15.9 Å². The number of rotatable bonds is 1. The van der Waals surface area contributed by atoms with Gasteiger partial charge in [0, 0.05) is 5.33 Å². The van der Waals surface area contributed by atoms with Gasteiger partial charge in [-0.25, -0.2) is 0 Å². The molecule has 42 valence electrons. The molecule has 0 unspecified atom stereocenters. The van der Waals surface area contributed by atoms with Crippen molar-refractivity contribution in [3.63, 3.8) is 0 Å². The van der Waals surface area contributed by atoms with Crippen LogP contribution in [0.25, 0.3) is 0 Å². The van der Waals surface area contributed by atoms with E-state index in [1.54, 1.807) is 0 Å². The molecular formula is C3H13BrN2. The molecule has 0 aromatic carbocycles. The molecule has 0 amide bonds. The molecule has 0 aromatic rings. The summed E-state index contributed by atoms with van der Waals surface area (Å²) in [7, 11) is 0. The van der Waals surface area contributed by atoms with Gasteiger partial charge >= 0.3 is 0 Å². The minimum absolute atomic E-state index is 0. The van der Waals surface area contributed by atoms with Crippen LogP contribution in [0.5, 0.6) is 0 Å². The molecular weight excluding hydrogens is 144 g/mol. The molecule has 0 aliphatic heterocycles. The van der Waals surface area contributed by atoms with Crippen molar-refractivity contribution in [2.45, 2.75) is 13.3 Å². The van der Waals surface area contributed by atoms with Crippen LogP contribution in [0, 0.1) is 0 Å². The van der Waals surface area contributed by atoms with Gasteiger partial charge in [-0.2, -0.15) is 0 Å². The summed E-state index contributed by atoms with van der Waals surface area (Å²) in [5, 5.41) is 1.13. The van der Waals surface area contributed by atoms with Crippen LogP contribution in [0.15, 0.2) is 0 Å². The summed E-state index contributed by atoms with van der Waals surface area (Å²) in [6.07, 6.45) is 1.24. The minimum Gasteiger partial charge on any atom is -0.344 e. The monoisotopic (exact) mass is 156 g/mol. The van der Waals surface area contributed by atoms with Gasteiger partial charge < -0.3 is 12.3 Å². The summed E-state index contributed by atoms with van der Waals surface area (Å²) in [6, 6.07) is 0. The maximum atomic E-state index is 3.25. The van der Waals surface area contributed by atoms with Crippen LogP contribution in [0.3, 0.4) is 0 Å². The molecule has 0 radical (unpaired) electrons. The molecule has 0 fully saturated rings. The van der Waals surface area contributed by atoms with E-state index in [0.717, 1.165) is 5.33 Å². The fraction of sp³-hybridized carbons (Fsp3) is 1.00. The van der Waals surface area contributed by atoms with Gasteiger partial charge in [0.1, 0.15) is 0 Å². The molecule has 0 atom stereocenters. The smallest absolute Gasteiger partial charge is 0.00286 e. The van der Waals surface area contributed by atoms with Gasteiger partial charge in [0.15, 0.2) is 0 Å². The zero-order chi connectivity index (χ0) is 3.41. The lowest BCUT2D eigenvalue weighted by Crippen LogP contribution is -1.54. The maximum absolute atomic E-state index is 3.25. The normalized spacial score (nSPS) is 5.00. The van der Waals surface area contributed by atoms with Gasteiger partial charge in [0.2, 0.25) is 0 Å². The summed E-state index contributed by atoms with van der Waals surface area (Å²) in [5.41, 5.74) is 0. The third-order valence-corrected chi connectivity index (χ3v) is 0.982. The standard InChI is InChI=1S/C3H7Br.2H3N/c1-2-3-4;;/h2-3H2,1H3;2*1H3. The van der Waals surface area contributed by atoms with Gasteiger partial charge in [-0.05, 0) is 6.42 Å². The summed E-state index contributed by atoms with van der Waals surface area (Å²) in [5.74, 6) is 0. The Morgan fingerprint density at radius 1 is 1.33 bits per heavy atom. The van der Waals surface area contributed by atoms with E-state index in [1.165, 1.54) is 6.42 Å². The largest absolute Gasteiger partial charge is 0.344 e. The van der Waals surface area contributed by atoms with Crippen molar-refractivity contribution in [2.24, 2.45) is 0 Å².